The van der Waals surface area contributed by atoms with Crippen LogP contribution in [0.5, 0.6) is 0 Å². The Hall–Kier alpha value is -0.520. The number of unbranched alkanes of at least 4 members (excludes halogenated alkanes) is 3. The van der Waals surface area contributed by atoms with Crippen LogP contribution in [0.2, 0.25) is 0 Å². The Morgan fingerprint density at radius 1 is 1.14 bits per heavy atom. The smallest absolute Gasteiger partial charge is 0.0598 e. The summed E-state index contributed by atoms with van der Waals surface area (Å²) in [5.41, 5.74) is 5.43. The summed E-state index contributed by atoms with van der Waals surface area (Å²) < 4.78 is 0. The van der Waals surface area contributed by atoms with Crippen molar-refractivity contribution in [2.45, 2.75) is 39.0 Å². The lowest BCUT2D eigenvalue weighted by Gasteiger charge is -2.18. The molecule has 2 N–H and O–H groups in total. The van der Waals surface area contributed by atoms with Crippen molar-refractivity contribution in [3.63, 3.8) is 0 Å². The zero-order chi connectivity index (χ0) is 10.6. The van der Waals surface area contributed by atoms with E-state index < -0.39 is 0 Å². The van der Waals surface area contributed by atoms with Gasteiger partial charge in [-0.25, -0.2) is 0 Å². The Balaban J connectivity index is 3.36. The summed E-state index contributed by atoms with van der Waals surface area (Å²) in [6.07, 6.45) is 11.4. The van der Waals surface area contributed by atoms with Gasteiger partial charge in [-0.3, -0.25) is 4.90 Å². The molecule has 0 rings (SSSR count). The third-order valence-electron chi connectivity index (χ3n) is 2.28. The van der Waals surface area contributed by atoms with Crippen LogP contribution in [-0.2, 0) is 0 Å². The Morgan fingerprint density at radius 2 is 1.86 bits per heavy atom. The van der Waals surface area contributed by atoms with Crippen molar-refractivity contribution < 1.29 is 0 Å². The molecule has 0 saturated carbocycles. The van der Waals surface area contributed by atoms with E-state index in [1.807, 2.05) is 0 Å². The molecule has 0 aromatic rings. The van der Waals surface area contributed by atoms with E-state index in [0.29, 0.717) is 0 Å². The molecule has 0 saturated heterocycles. The Morgan fingerprint density at radius 3 is 2.43 bits per heavy atom. The van der Waals surface area contributed by atoms with Gasteiger partial charge in [0.1, 0.15) is 0 Å². The predicted molar refractivity (Wildman–Crippen MR) is 63.1 cm³/mol. The summed E-state index contributed by atoms with van der Waals surface area (Å²) in [6.45, 7) is 6.08. The van der Waals surface area contributed by atoms with Crippen LogP contribution >= 0.6 is 0 Å². The molecule has 0 bridgehead atoms. The highest BCUT2D eigenvalue weighted by atomic mass is 15.1. The largest absolute Gasteiger partial charge is 0.330 e. The zero-order valence-electron chi connectivity index (χ0n) is 9.47. The van der Waals surface area contributed by atoms with Gasteiger partial charge in [-0.1, -0.05) is 25.7 Å². The molecule has 2 heteroatoms. The first kappa shape index (κ1) is 13.5. The minimum Gasteiger partial charge on any atom is -0.330 e. The molecule has 0 aliphatic heterocycles. The van der Waals surface area contributed by atoms with E-state index in [4.69, 9.17) is 12.2 Å². The fourth-order valence-electron chi connectivity index (χ4n) is 1.55. The molecule has 0 heterocycles. The van der Waals surface area contributed by atoms with Crippen molar-refractivity contribution in [2.24, 2.45) is 5.73 Å². The molecule has 0 aliphatic rings. The number of terminal acetylenes is 1. The van der Waals surface area contributed by atoms with Crippen LogP contribution < -0.4 is 5.73 Å². The second kappa shape index (κ2) is 10.6. The molecule has 0 aromatic carbocycles. The number of nitrogens with zero attached hydrogens (tertiary/aromatic N) is 1. The van der Waals surface area contributed by atoms with E-state index in [1.54, 1.807) is 0 Å². The van der Waals surface area contributed by atoms with Crippen molar-refractivity contribution in [2.75, 3.05) is 26.2 Å². The topological polar surface area (TPSA) is 29.3 Å². The summed E-state index contributed by atoms with van der Waals surface area (Å²) >= 11 is 0. The lowest BCUT2D eigenvalue weighted by molar-refractivity contribution is 0.299. The van der Waals surface area contributed by atoms with Crippen molar-refractivity contribution >= 4 is 0 Å². The molecule has 0 aromatic heterocycles. The highest BCUT2D eigenvalue weighted by Gasteiger charge is 2.00. The number of nitrogens with two attached hydrogens (primary N) is 1. The van der Waals surface area contributed by atoms with Gasteiger partial charge < -0.3 is 5.73 Å². The Labute approximate surface area is 88.9 Å². The van der Waals surface area contributed by atoms with Gasteiger partial charge in [-0.2, -0.15) is 0 Å². The SMILES string of the molecule is C#CCN(CCC)CCCCCCN. The fraction of sp³-hybridized carbons (Fsp3) is 0.833. The lowest BCUT2D eigenvalue weighted by atomic mass is 10.2. The minimum atomic E-state index is 0.796. The zero-order valence-corrected chi connectivity index (χ0v) is 9.47. The van der Waals surface area contributed by atoms with Gasteiger partial charge in [0.05, 0.1) is 6.54 Å². The fourth-order valence-corrected chi connectivity index (χ4v) is 1.55. The van der Waals surface area contributed by atoms with E-state index in [9.17, 15) is 0 Å². The van der Waals surface area contributed by atoms with Crippen LogP contribution in [0.3, 0.4) is 0 Å². The summed E-state index contributed by atoms with van der Waals surface area (Å²) in [7, 11) is 0. The number of hydrogen-bond acceptors (Lipinski definition) is 2. The van der Waals surface area contributed by atoms with E-state index in [-0.39, 0.29) is 0 Å². The Kier molecular flexibility index (Phi) is 10.2. The van der Waals surface area contributed by atoms with Crippen molar-refractivity contribution in [1.29, 1.82) is 0 Å². The molecule has 0 radical (unpaired) electrons. The summed E-state index contributed by atoms with van der Waals surface area (Å²) in [4.78, 5) is 2.35. The molecule has 0 unspecified atom stereocenters. The molecule has 0 aliphatic carbocycles. The summed E-state index contributed by atoms with van der Waals surface area (Å²) in [5.74, 6) is 2.71. The highest BCUT2D eigenvalue weighted by Crippen LogP contribution is 2.01. The molecule has 0 fully saturated rings. The predicted octanol–water partition coefficient (Wildman–Crippen LogP) is 1.85. The number of rotatable bonds is 9. The van der Waals surface area contributed by atoms with Gasteiger partial charge >= 0.3 is 0 Å². The average molecular weight is 196 g/mol. The van der Waals surface area contributed by atoms with Crippen LogP contribution in [0.1, 0.15) is 39.0 Å². The third-order valence-corrected chi connectivity index (χ3v) is 2.28. The molecule has 82 valence electrons. The normalized spacial score (nSPS) is 10.4. The maximum atomic E-state index is 5.43. The van der Waals surface area contributed by atoms with Gasteiger partial charge in [0.15, 0.2) is 0 Å². The average Bonchev–Trinajstić information content (AvgIpc) is 2.18. The second-order valence-corrected chi connectivity index (χ2v) is 3.68. The van der Waals surface area contributed by atoms with Gasteiger partial charge in [0, 0.05) is 0 Å². The van der Waals surface area contributed by atoms with Crippen LogP contribution in [0.15, 0.2) is 0 Å². The Bertz CT molecular complexity index is 149. The summed E-state index contributed by atoms with van der Waals surface area (Å²) in [6, 6.07) is 0. The third kappa shape index (κ3) is 8.10. The van der Waals surface area contributed by atoms with Crippen molar-refractivity contribution in [3.05, 3.63) is 0 Å². The van der Waals surface area contributed by atoms with E-state index >= 15 is 0 Å². The van der Waals surface area contributed by atoms with Crippen LogP contribution in [0, 0.1) is 12.3 Å². The van der Waals surface area contributed by atoms with Gasteiger partial charge in [-0.15, -0.1) is 6.42 Å². The molecular formula is C12H24N2. The maximum Gasteiger partial charge on any atom is 0.0598 e. The van der Waals surface area contributed by atoms with Crippen LogP contribution in [-0.4, -0.2) is 31.1 Å². The maximum absolute atomic E-state index is 5.43. The molecule has 0 spiro atoms. The highest BCUT2D eigenvalue weighted by molar-refractivity contribution is 4.87. The van der Waals surface area contributed by atoms with E-state index in [1.165, 1.54) is 25.7 Å². The molecule has 14 heavy (non-hydrogen) atoms. The van der Waals surface area contributed by atoms with Gasteiger partial charge in [0.2, 0.25) is 0 Å². The minimum absolute atomic E-state index is 0.796. The van der Waals surface area contributed by atoms with Gasteiger partial charge in [0.25, 0.3) is 0 Å². The van der Waals surface area contributed by atoms with Gasteiger partial charge in [-0.05, 0) is 38.9 Å². The van der Waals surface area contributed by atoms with Crippen LogP contribution in [0.25, 0.3) is 0 Å². The molecule has 2 nitrogen and oxygen atoms in total. The lowest BCUT2D eigenvalue weighted by Crippen LogP contribution is -2.26. The first-order chi connectivity index (χ1) is 6.85. The quantitative estimate of drug-likeness (QED) is 0.450. The number of hydrogen-bond donors (Lipinski definition) is 1. The van der Waals surface area contributed by atoms with Crippen LogP contribution in [0.4, 0.5) is 0 Å². The second-order valence-electron chi connectivity index (χ2n) is 3.68. The van der Waals surface area contributed by atoms with Crippen molar-refractivity contribution in [1.82, 2.24) is 4.90 Å². The monoisotopic (exact) mass is 196 g/mol. The van der Waals surface area contributed by atoms with Crippen molar-refractivity contribution in [3.8, 4) is 12.3 Å². The van der Waals surface area contributed by atoms with E-state index in [2.05, 4.69) is 17.7 Å². The first-order valence-electron chi connectivity index (χ1n) is 5.71. The standard InChI is InChI=1S/C12H24N2/c1-3-10-14(11-4-2)12-8-6-5-7-9-13/h1H,4-13H2,2H3. The molecule has 0 atom stereocenters. The van der Waals surface area contributed by atoms with E-state index in [0.717, 1.165) is 32.6 Å². The summed E-state index contributed by atoms with van der Waals surface area (Å²) in [5, 5.41) is 0. The molecular weight excluding hydrogens is 172 g/mol. The molecule has 0 amide bonds. The first-order valence-corrected chi connectivity index (χ1v) is 5.71.